The van der Waals surface area contributed by atoms with Gasteiger partial charge in [-0.25, -0.2) is 0 Å². The lowest BCUT2D eigenvalue weighted by atomic mass is 9.85. The van der Waals surface area contributed by atoms with Crippen molar-refractivity contribution in [3.63, 3.8) is 0 Å². The first kappa shape index (κ1) is 27.4. The number of ether oxygens (including phenoxy) is 4. The molecule has 0 radical (unpaired) electrons. The van der Waals surface area contributed by atoms with Crippen LogP contribution >= 0.6 is 9.47 Å². The van der Waals surface area contributed by atoms with Crippen LogP contribution in [0.2, 0.25) is 0 Å². The largest absolute Gasteiger partial charge is 0.469 e. The van der Waals surface area contributed by atoms with Crippen molar-refractivity contribution >= 4 is 21.2 Å². The van der Waals surface area contributed by atoms with E-state index in [1.807, 2.05) is 0 Å². The third kappa shape index (κ3) is 8.83. The van der Waals surface area contributed by atoms with E-state index >= 15 is 0 Å². The molecule has 0 amide bonds. The minimum atomic E-state index is -0.529. The molecule has 7 nitrogen and oxygen atoms in total. The molecule has 8 heteroatoms. The fourth-order valence-corrected chi connectivity index (χ4v) is 5.08. The maximum atomic E-state index is 12.7. The van der Waals surface area contributed by atoms with Crippen molar-refractivity contribution in [1.29, 1.82) is 0 Å². The highest BCUT2D eigenvalue weighted by Crippen LogP contribution is 2.41. The average molecular weight is 473 g/mol. The standard InChI is InChI=1S/C24H41O7P/c1-27-15-9-5-8-13-24(29-16-17-30-24)14-12-20-19(21(25)18-22(20)31-32)10-6-3-4-7-11-23(26)28-2/h3,6,19-20,22H,4-5,7-18,32H2,1-2H3/b6-3+. The van der Waals surface area contributed by atoms with Crippen LogP contribution in [0.3, 0.4) is 0 Å². The number of ketones is 1. The van der Waals surface area contributed by atoms with Gasteiger partial charge in [0.1, 0.15) is 5.78 Å². The zero-order chi connectivity index (χ0) is 23.2. The minimum absolute atomic E-state index is 0.0439. The van der Waals surface area contributed by atoms with Crippen LogP contribution in [0.25, 0.3) is 0 Å². The summed E-state index contributed by atoms with van der Waals surface area (Å²) in [6.45, 7) is 2.04. The Bertz CT molecular complexity index is 589. The number of unbranched alkanes of at least 4 members (excludes halogenated alkanes) is 3. The van der Waals surface area contributed by atoms with E-state index in [1.165, 1.54) is 7.11 Å². The Kier molecular flexibility index (Phi) is 13.0. The van der Waals surface area contributed by atoms with Gasteiger partial charge in [-0.2, -0.15) is 0 Å². The molecule has 1 aliphatic heterocycles. The Balaban J connectivity index is 1.86. The Morgan fingerprint density at radius 3 is 2.59 bits per heavy atom. The number of carbonyl (C=O) groups is 2. The van der Waals surface area contributed by atoms with Crippen LogP contribution in [-0.2, 0) is 33.1 Å². The highest BCUT2D eigenvalue weighted by molar-refractivity contribution is 7.09. The molecule has 0 aromatic heterocycles. The fraction of sp³-hybridized carbons (Fsp3) is 0.833. The summed E-state index contributed by atoms with van der Waals surface area (Å²) in [4.78, 5) is 23.9. The lowest BCUT2D eigenvalue weighted by molar-refractivity contribution is -0.171. The van der Waals surface area contributed by atoms with Crippen LogP contribution in [0.5, 0.6) is 0 Å². The second kappa shape index (κ2) is 15.1. The first-order chi connectivity index (χ1) is 15.5. The van der Waals surface area contributed by atoms with E-state index in [0.717, 1.165) is 58.0 Å². The smallest absolute Gasteiger partial charge is 0.305 e. The summed E-state index contributed by atoms with van der Waals surface area (Å²) in [5, 5.41) is 0. The Morgan fingerprint density at radius 1 is 1.12 bits per heavy atom. The van der Waals surface area contributed by atoms with Gasteiger partial charge in [0, 0.05) is 54.8 Å². The zero-order valence-corrected chi connectivity index (χ0v) is 20.9. The molecule has 0 bridgehead atoms. The molecule has 0 spiro atoms. The first-order valence-electron chi connectivity index (χ1n) is 11.9. The molecule has 184 valence electrons. The maximum Gasteiger partial charge on any atom is 0.305 e. The quantitative estimate of drug-likeness (QED) is 0.143. The van der Waals surface area contributed by atoms with E-state index in [0.29, 0.717) is 32.5 Å². The molecule has 1 heterocycles. The summed E-state index contributed by atoms with van der Waals surface area (Å²) >= 11 is 0. The predicted molar refractivity (Wildman–Crippen MR) is 125 cm³/mol. The van der Waals surface area contributed by atoms with Gasteiger partial charge in [0.25, 0.3) is 0 Å². The monoisotopic (exact) mass is 472 g/mol. The van der Waals surface area contributed by atoms with Crippen molar-refractivity contribution in [2.24, 2.45) is 11.8 Å². The number of carbonyl (C=O) groups excluding carboxylic acids is 2. The van der Waals surface area contributed by atoms with E-state index in [4.69, 9.17) is 18.7 Å². The number of Topliss-reactive ketones (excluding diaryl/α,β-unsaturated/α-hetero) is 1. The summed E-state index contributed by atoms with van der Waals surface area (Å²) < 4.78 is 27.5. The summed E-state index contributed by atoms with van der Waals surface area (Å²) in [6.07, 6.45) is 12.9. The summed E-state index contributed by atoms with van der Waals surface area (Å²) in [5.74, 6) is -0.342. The molecule has 2 aliphatic rings. The maximum absolute atomic E-state index is 12.7. The number of hydrogen-bond acceptors (Lipinski definition) is 7. The summed E-state index contributed by atoms with van der Waals surface area (Å²) in [7, 11) is 5.47. The normalized spacial score (nSPS) is 25.1. The molecule has 2 fully saturated rings. The van der Waals surface area contributed by atoms with Gasteiger partial charge < -0.3 is 23.5 Å². The number of rotatable bonds is 16. The molecule has 4 atom stereocenters. The van der Waals surface area contributed by atoms with Crippen LogP contribution in [0.1, 0.15) is 70.6 Å². The van der Waals surface area contributed by atoms with Crippen LogP contribution in [0.4, 0.5) is 0 Å². The molecular weight excluding hydrogens is 431 g/mol. The van der Waals surface area contributed by atoms with E-state index in [2.05, 4.69) is 26.4 Å². The third-order valence-corrected chi connectivity index (χ3v) is 6.95. The van der Waals surface area contributed by atoms with E-state index < -0.39 is 5.79 Å². The van der Waals surface area contributed by atoms with Crippen molar-refractivity contribution < 1.29 is 33.1 Å². The minimum Gasteiger partial charge on any atom is -0.469 e. The lowest BCUT2D eigenvalue weighted by Gasteiger charge is -2.31. The van der Waals surface area contributed by atoms with Gasteiger partial charge in [0.15, 0.2) is 5.79 Å². The topological polar surface area (TPSA) is 80.3 Å². The molecule has 2 rings (SSSR count). The molecular formula is C24H41O7P. The van der Waals surface area contributed by atoms with Gasteiger partial charge in [-0.3, -0.25) is 9.59 Å². The summed E-state index contributed by atoms with van der Waals surface area (Å²) in [6, 6.07) is 0. The number of esters is 1. The lowest BCUT2D eigenvalue weighted by Crippen LogP contribution is -2.33. The average Bonchev–Trinajstić information content (AvgIpc) is 3.38. The molecule has 1 saturated carbocycles. The highest BCUT2D eigenvalue weighted by atomic mass is 31.0. The fourth-order valence-electron chi connectivity index (χ4n) is 4.78. The molecule has 0 N–H and O–H groups in total. The highest BCUT2D eigenvalue weighted by Gasteiger charge is 2.44. The van der Waals surface area contributed by atoms with Crippen LogP contribution < -0.4 is 0 Å². The van der Waals surface area contributed by atoms with Crippen LogP contribution in [-0.4, -0.2) is 57.7 Å². The summed E-state index contributed by atoms with van der Waals surface area (Å²) in [5.41, 5.74) is 0. The number of allylic oxidation sites excluding steroid dienone is 2. The Hall–Kier alpha value is -0.850. The molecule has 32 heavy (non-hydrogen) atoms. The molecule has 0 aromatic rings. The van der Waals surface area contributed by atoms with Crippen molar-refractivity contribution in [1.82, 2.24) is 0 Å². The predicted octanol–water partition coefficient (Wildman–Crippen LogP) is 4.39. The van der Waals surface area contributed by atoms with Gasteiger partial charge in [0.2, 0.25) is 0 Å². The van der Waals surface area contributed by atoms with Gasteiger partial charge in [-0.1, -0.05) is 18.6 Å². The van der Waals surface area contributed by atoms with Crippen molar-refractivity contribution in [2.45, 2.75) is 82.5 Å². The molecule has 1 saturated heterocycles. The van der Waals surface area contributed by atoms with Crippen molar-refractivity contribution in [3.05, 3.63) is 12.2 Å². The van der Waals surface area contributed by atoms with Crippen molar-refractivity contribution in [2.75, 3.05) is 34.0 Å². The van der Waals surface area contributed by atoms with Gasteiger partial charge >= 0.3 is 5.97 Å². The Labute approximate surface area is 195 Å². The van der Waals surface area contributed by atoms with E-state index in [9.17, 15) is 9.59 Å². The zero-order valence-electron chi connectivity index (χ0n) is 19.7. The molecule has 4 unspecified atom stereocenters. The first-order valence-corrected chi connectivity index (χ1v) is 12.4. The van der Waals surface area contributed by atoms with Gasteiger partial charge in [0.05, 0.1) is 26.4 Å². The van der Waals surface area contributed by atoms with Crippen LogP contribution in [0.15, 0.2) is 12.2 Å². The SMILES string of the molecule is COCCCCCC1(CCC2C(OP)CC(=O)C2C/C=C/CCCC(=O)OC)OCCO1. The number of hydrogen-bond donors (Lipinski definition) is 0. The number of methoxy groups -OCH3 is 2. The third-order valence-electron chi connectivity index (χ3n) is 6.60. The van der Waals surface area contributed by atoms with E-state index in [-0.39, 0.29) is 29.7 Å². The van der Waals surface area contributed by atoms with Gasteiger partial charge in [-0.05, 0) is 44.4 Å². The molecule has 1 aliphatic carbocycles. The second-order valence-electron chi connectivity index (χ2n) is 8.74. The Morgan fingerprint density at radius 2 is 1.91 bits per heavy atom. The second-order valence-corrected chi connectivity index (χ2v) is 9.01. The van der Waals surface area contributed by atoms with Crippen molar-refractivity contribution in [3.8, 4) is 0 Å². The van der Waals surface area contributed by atoms with E-state index in [1.54, 1.807) is 7.11 Å². The van der Waals surface area contributed by atoms with Crippen LogP contribution in [0, 0.1) is 11.8 Å². The van der Waals surface area contributed by atoms with Gasteiger partial charge in [-0.15, -0.1) is 0 Å². The molecule has 0 aromatic carbocycles.